The lowest BCUT2D eigenvalue weighted by Gasteiger charge is -2.10. The Morgan fingerprint density at radius 1 is 1.11 bits per heavy atom. The minimum atomic E-state index is -3.76. The molecule has 0 aliphatic heterocycles. The van der Waals surface area contributed by atoms with Gasteiger partial charge in [0.15, 0.2) is 0 Å². The first kappa shape index (κ1) is 14.2. The summed E-state index contributed by atoms with van der Waals surface area (Å²) in [6, 6.07) is 10.3. The average Bonchev–Trinajstić information content (AvgIpc) is 2.34. The number of sulfonamides is 1. The number of phenols is 1. The predicted octanol–water partition coefficient (Wildman–Crippen LogP) is 3.61. The highest BCUT2D eigenvalue weighted by atomic mass is 79.9. The molecule has 0 fully saturated rings. The summed E-state index contributed by atoms with van der Waals surface area (Å²) < 4.78 is 27.3. The Bertz CT molecular complexity index is 701. The van der Waals surface area contributed by atoms with Crippen molar-refractivity contribution in [2.45, 2.75) is 4.90 Å². The highest BCUT2D eigenvalue weighted by molar-refractivity contribution is 9.10. The summed E-state index contributed by atoms with van der Waals surface area (Å²) in [4.78, 5) is 0.0927. The molecule has 0 amide bonds. The van der Waals surface area contributed by atoms with Crippen molar-refractivity contribution in [3.8, 4) is 5.75 Å². The number of halogens is 2. The van der Waals surface area contributed by atoms with Gasteiger partial charge in [0.1, 0.15) is 5.75 Å². The Hall–Kier alpha value is -1.24. The van der Waals surface area contributed by atoms with Crippen molar-refractivity contribution < 1.29 is 13.5 Å². The van der Waals surface area contributed by atoms with Gasteiger partial charge in [-0.25, -0.2) is 8.42 Å². The first-order valence-electron chi connectivity index (χ1n) is 5.15. The third kappa shape index (κ3) is 3.40. The molecular formula is C12H9BrClNO3S. The predicted molar refractivity (Wildman–Crippen MR) is 78.1 cm³/mol. The van der Waals surface area contributed by atoms with Crippen molar-refractivity contribution in [2.24, 2.45) is 0 Å². The Morgan fingerprint density at radius 2 is 1.74 bits per heavy atom. The molecule has 0 bridgehead atoms. The van der Waals surface area contributed by atoms with Crippen molar-refractivity contribution in [3.63, 3.8) is 0 Å². The maximum Gasteiger partial charge on any atom is 0.262 e. The van der Waals surface area contributed by atoms with Crippen LogP contribution in [-0.2, 0) is 10.0 Å². The zero-order valence-corrected chi connectivity index (χ0v) is 12.6. The Balaban J connectivity index is 2.36. The standard InChI is InChI=1S/C12H9BrClNO3S/c13-8-1-4-10(5-2-8)19(17,18)15-11-7-9(14)3-6-12(11)16/h1-7,15-16H. The third-order valence-electron chi connectivity index (χ3n) is 2.33. The zero-order chi connectivity index (χ0) is 14.0. The summed E-state index contributed by atoms with van der Waals surface area (Å²) in [5.74, 6) is -0.190. The van der Waals surface area contributed by atoms with E-state index in [1.807, 2.05) is 0 Å². The van der Waals surface area contributed by atoms with Gasteiger partial charge in [0.25, 0.3) is 10.0 Å². The minimum absolute atomic E-state index is 0.0374. The number of rotatable bonds is 3. The fraction of sp³-hybridized carbons (Fsp3) is 0. The van der Waals surface area contributed by atoms with Gasteiger partial charge in [-0.05, 0) is 42.5 Å². The van der Waals surface area contributed by atoms with Gasteiger partial charge in [-0.1, -0.05) is 27.5 Å². The molecular weight excluding hydrogens is 354 g/mol. The highest BCUT2D eigenvalue weighted by Gasteiger charge is 2.16. The van der Waals surface area contributed by atoms with Crippen LogP contribution in [-0.4, -0.2) is 13.5 Å². The lowest BCUT2D eigenvalue weighted by Crippen LogP contribution is -2.12. The molecule has 0 aliphatic carbocycles. The van der Waals surface area contributed by atoms with Gasteiger partial charge in [0, 0.05) is 9.50 Å². The van der Waals surface area contributed by atoms with Gasteiger partial charge < -0.3 is 5.11 Å². The summed E-state index contributed by atoms with van der Waals surface area (Å²) in [5.41, 5.74) is 0.0374. The second-order valence-electron chi connectivity index (χ2n) is 3.72. The van der Waals surface area contributed by atoms with Gasteiger partial charge in [0.2, 0.25) is 0 Å². The minimum Gasteiger partial charge on any atom is -0.506 e. The van der Waals surface area contributed by atoms with E-state index < -0.39 is 10.0 Å². The van der Waals surface area contributed by atoms with Crippen LogP contribution in [0.3, 0.4) is 0 Å². The first-order chi connectivity index (χ1) is 8.88. The van der Waals surface area contributed by atoms with Crippen LogP contribution in [0.2, 0.25) is 5.02 Å². The van der Waals surface area contributed by atoms with E-state index in [4.69, 9.17) is 11.6 Å². The molecule has 7 heteroatoms. The fourth-order valence-electron chi connectivity index (χ4n) is 1.41. The summed E-state index contributed by atoms with van der Waals surface area (Å²) >= 11 is 8.99. The van der Waals surface area contributed by atoms with E-state index in [9.17, 15) is 13.5 Å². The smallest absolute Gasteiger partial charge is 0.262 e. The topological polar surface area (TPSA) is 66.4 Å². The second kappa shape index (κ2) is 5.40. The third-order valence-corrected chi connectivity index (χ3v) is 4.47. The largest absolute Gasteiger partial charge is 0.506 e. The highest BCUT2D eigenvalue weighted by Crippen LogP contribution is 2.29. The number of nitrogens with one attached hydrogen (secondary N) is 1. The number of hydrogen-bond donors (Lipinski definition) is 2. The monoisotopic (exact) mass is 361 g/mol. The fourth-order valence-corrected chi connectivity index (χ4v) is 2.91. The first-order valence-corrected chi connectivity index (χ1v) is 7.81. The van der Waals surface area contributed by atoms with E-state index in [-0.39, 0.29) is 16.3 Å². The molecule has 2 aromatic carbocycles. The Morgan fingerprint density at radius 3 is 2.37 bits per heavy atom. The van der Waals surface area contributed by atoms with Gasteiger partial charge in [0.05, 0.1) is 10.6 Å². The van der Waals surface area contributed by atoms with Crippen LogP contribution in [0.5, 0.6) is 5.75 Å². The maximum atomic E-state index is 12.1. The molecule has 0 saturated carbocycles. The lowest BCUT2D eigenvalue weighted by molar-refractivity contribution is 0.477. The van der Waals surface area contributed by atoms with Crippen LogP contribution in [0.1, 0.15) is 0 Å². The van der Waals surface area contributed by atoms with E-state index in [0.717, 1.165) is 4.47 Å². The van der Waals surface area contributed by atoms with E-state index >= 15 is 0 Å². The molecule has 0 atom stereocenters. The molecule has 2 N–H and O–H groups in total. The van der Waals surface area contributed by atoms with Gasteiger partial charge in [-0.15, -0.1) is 0 Å². The molecule has 100 valence electrons. The number of hydrogen-bond acceptors (Lipinski definition) is 3. The maximum absolute atomic E-state index is 12.1. The lowest BCUT2D eigenvalue weighted by atomic mass is 10.3. The molecule has 0 radical (unpaired) electrons. The normalized spacial score (nSPS) is 11.3. The van der Waals surface area contributed by atoms with E-state index in [1.54, 1.807) is 12.1 Å². The molecule has 19 heavy (non-hydrogen) atoms. The van der Waals surface area contributed by atoms with Gasteiger partial charge in [-0.3, -0.25) is 4.72 Å². The van der Waals surface area contributed by atoms with Crippen LogP contribution >= 0.6 is 27.5 Å². The second-order valence-corrected chi connectivity index (χ2v) is 6.76. The van der Waals surface area contributed by atoms with Crippen LogP contribution in [0, 0.1) is 0 Å². The molecule has 0 spiro atoms. The van der Waals surface area contributed by atoms with Crippen molar-refractivity contribution >= 4 is 43.2 Å². The van der Waals surface area contributed by atoms with Crippen molar-refractivity contribution in [3.05, 3.63) is 52.0 Å². The van der Waals surface area contributed by atoms with Gasteiger partial charge >= 0.3 is 0 Å². The summed E-state index contributed by atoms with van der Waals surface area (Å²) in [5, 5.41) is 9.92. The van der Waals surface area contributed by atoms with Crippen LogP contribution in [0.25, 0.3) is 0 Å². The van der Waals surface area contributed by atoms with Crippen molar-refractivity contribution in [1.29, 1.82) is 0 Å². The number of phenolic OH excluding ortho intramolecular Hbond substituents is 1. The molecule has 2 rings (SSSR count). The molecule has 0 heterocycles. The quantitative estimate of drug-likeness (QED) is 0.820. The summed E-state index contributed by atoms with van der Waals surface area (Å²) in [6.07, 6.45) is 0. The van der Waals surface area contributed by atoms with Crippen molar-refractivity contribution in [2.75, 3.05) is 4.72 Å². The van der Waals surface area contributed by atoms with E-state index in [2.05, 4.69) is 20.7 Å². The number of anilines is 1. The summed E-state index contributed by atoms with van der Waals surface area (Å²) in [6.45, 7) is 0. The molecule has 0 aromatic heterocycles. The van der Waals surface area contributed by atoms with Crippen LogP contribution in [0.4, 0.5) is 5.69 Å². The molecule has 2 aromatic rings. The number of aromatic hydroxyl groups is 1. The number of benzene rings is 2. The zero-order valence-electron chi connectivity index (χ0n) is 9.47. The Labute approximate surface area is 124 Å². The van der Waals surface area contributed by atoms with Crippen molar-refractivity contribution in [1.82, 2.24) is 0 Å². The van der Waals surface area contributed by atoms with Crippen LogP contribution < -0.4 is 4.72 Å². The summed E-state index contributed by atoms with van der Waals surface area (Å²) in [7, 11) is -3.76. The molecule has 0 aliphatic rings. The average molecular weight is 363 g/mol. The SMILES string of the molecule is O=S(=O)(Nc1cc(Cl)ccc1O)c1ccc(Br)cc1. The molecule has 0 unspecified atom stereocenters. The Kier molecular flexibility index (Phi) is 4.03. The molecule has 0 saturated heterocycles. The van der Waals surface area contributed by atoms with Crippen LogP contribution in [0.15, 0.2) is 51.8 Å². The van der Waals surface area contributed by atoms with Gasteiger partial charge in [-0.2, -0.15) is 0 Å². The van der Waals surface area contributed by atoms with E-state index in [1.165, 1.54) is 30.3 Å². The molecule has 4 nitrogen and oxygen atoms in total. The van der Waals surface area contributed by atoms with E-state index in [0.29, 0.717) is 5.02 Å².